The highest BCUT2D eigenvalue weighted by molar-refractivity contribution is 6.03. The SMILES string of the molecule is CN(CCc1ccncc1)c1ncc(C(=O)Nc2ccc(C#N)cc2)cn1. The number of rotatable bonds is 6. The van der Waals surface area contributed by atoms with Crippen molar-refractivity contribution in [2.45, 2.75) is 6.42 Å². The molecule has 0 aliphatic rings. The Morgan fingerprint density at radius 2 is 1.78 bits per heavy atom. The zero-order valence-electron chi connectivity index (χ0n) is 14.8. The molecule has 0 bridgehead atoms. The number of carbonyl (C=O) groups is 1. The van der Waals surface area contributed by atoms with Crippen molar-refractivity contribution in [2.75, 3.05) is 23.8 Å². The number of likely N-dealkylation sites (N-methyl/N-ethyl adjacent to an activating group) is 1. The first-order chi connectivity index (χ1) is 13.2. The van der Waals surface area contributed by atoms with Gasteiger partial charge in [0, 0.05) is 44.1 Å². The van der Waals surface area contributed by atoms with Crippen molar-refractivity contribution in [2.24, 2.45) is 0 Å². The van der Waals surface area contributed by atoms with Crippen molar-refractivity contribution in [3.8, 4) is 6.07 Å². The van der Waals surface area contributed by atoms with Crippen molar-refractivity contribution >= 4 is 17.5 Å². The maximum Gasteiger partial charge on any atom is 0.258 e. The van der Waals surface area contributed by atoms with Crippen LogP contribution in [0.15, 0.2) is 61.2 Å². The summed E-state index contributed by atoms with van der Waals surface area (Å²) in [5, 5.41) is 11.6. The predicted octanol–water partition coefficient (Wildman–Crippen LogP) is 2.67. The van der Waals surface area contributed by atoms with Crippen LogP contribution in [-0.4, -0.2) is 34.5 Å². The van der Waals surface area contributed by atoms with Crippen LogP contribution in [0.4, 0.5) is 11.6 Å². The van der Waals surface area contributed by atoms with Crippen molar-refractivity contribution in [3.63, 3.8) is 0 Å². The van der Waals surface area contributed by atoms with Gasteiger partial charge in [-0.05, 0) is 48.4 Å². The molecule has 0 saturated carbocycles. The van der Waals surface area contributed by atoms with Crippen LogP contribution in [0.2, 0.25) is 0 Å². The monoisotopic (exact) mass is 358 g/mol. The topological polar surface area (TPSA) is 94.8 Å². The highest BCUT2D eigenvalue weighted by Crippen LogP contribution is 2.12. The van der Waals surface area contributed by atoms with Crippen molar-refractivity contribution in [1.82, 2.24) is 15.0 Å². The Kier molecular flexibility index (Phi) is 5.70. The molecule has 7 heteroatoms. The number of pyridine rings is 1. The van der Waals surface area contributed by atoms with E-state index in [1.54, 1.807) is 36.7 Å². The minimum Gasteiger partial charge on any atom is -0.344 e. The molecular weight excluding hydrogens is 340 g/mol. The Hall–Kier alpha value is -3.79. The molecule has 2 heterocycles. The molecule has 0 fully saturated rings. The largest absolute Gasteiger partial charge is 0.344 e. The quantitative estimate of drug-likeness (QED) is 0.728. The number of amides is 1. The van der Waals surface area contributed by atoms with Crippen LogP contribution in [0.25, 0.3) is 0 Å². The number of hydrogen-bond donors (Lipinski definition) is 1. The van der Waals surface area contributed by atoms with E-state index < -0.39 is 0 Å². The third-order valence-corrected chi connectivity index (χ3v) is 4.00. The van der Waals surface area contributed by atoms with Crippen LogP contribution in [0.5, 0.6) is 0 Å². The number of nitriles is 1. The summed E-state index contributed by atoms with van der Waals surface area (Å²) in [4.78, 5) is 26.8. The maximum atomic E-state index is 12.3. The molecule has 27 heavy (non-hydrogen) atoms. The van der Waals surface area contributed by atoms with Crippen LogP contribution >= 0.6 is 0 Å². The molecule has 134 valence electrons. The summed E-state index contributed by atoms with van der Waals surface area (Å²) < 4.78 is 0. The summed E-state index contributed by atoms with van der Waals surface area (Å²) in [7, 11) is 1.91. The number of nitrogens with zero attached hydrogens (tertiary/aromatic N) is 5. The smallest absolute Gasteiger partial charge is 0.258 e. The van der Waals surface area contributed by atoms with Crippen LogP contribution < -0.4 is 10.2 Å². The molecule has 1 amide bonds. The summed E-state index contributed by atoms with van der Waals surface area (Å²) in [6, 6.07) is 12.6. The molecule has 1 aromatic carbocycles. The lowest BCUT2D eigenvalue weighted by Crippen LogP contribution is -2.23. The second-order valence-electron chi connectivity index (χ2n) is 5.94. The molecule has 2 aromatic heterocycles. The molecule has 1 N–H and O–H groups in total. The van der Waals surface area contributed by atoms with Crippen LogP contribution in [0.1, 0.15) is 21.5 Å². The van der Waals surface area contributed by atoms with Gasteiger partial charge in [0.25, 0.3) is 5.91 Å². The second-order valence-corrected chi connectivity index (χ2v) is 5.94. The van der Waals surface area contributed by atoms with E-state index in [4.69, 9.17) is 5.26 Å². The van der Waals surface area contributed by atoms with Gasteiger partial charge in [-0.1, -0.05) is 0 Å². The minimum absolute atomic E-state index is 0.300. The number of hydrogen-bond acceptors (Lipinski definition) is 6. The van der Waals surface area contributed by atoms with Crippen molar-refractivity contribution < 1.29 is 4.79 Å². The van der Waals surface area contributed by atoms with Gasteiger partial charge in [0.05, 0.1) is 17.2 Å². The Labute approximate surface area is 157 Å². The zero-order valence-corrected chi connectivity index (χ0v) is 14.8. The van der Waals surface area contributed by atoms with Gasteiger partial charge in [-0.2, -0.15) is 5.26 Å². The lowest BCUT2D eigenvalue weighted by Gasteiger charge is -2.16. The predicted molar refractivity (Wildman–Crippen MR) is 102 cm³/mol. The van der Waals surface area contributed by atoms with Gasteiger partial charge in [0.1, 0.15) is 0 Å². The first-order valence-corrected chi connectivity index (χ1v) is 8.39. The van der Waals surface area contributed by atoms with E-state index in [1.165, 1.54) is 18.0 Å². The molecule has 7 nitrogen and oxygen atoms in total. The van der Waals surface area contributed by atoms with Gasteiger partial charge in [-0.3, -0.25) is 9.78 Å². The summed E-state index contributed by atoms with van der Waals surface area (Å²) in [5.41, 5.74) is 2.70. The van der Waals surface area contributed by atoms with E-state index in [1.807, 2.05) is 30.1 Å². The van der Waals surface area contributed by atoms with Gasteiger partial charge < -0.3 is 10.2 Å². The van der Waals surface area contributed by atoms with E-state index in [9.17, 15) is 4.79 Å². The van der Waals surface area contributed by atoms with Gasteiger partial charge in [0.15, 0.2) is 0 Å². The molecule has 0 radical (unpaired) electrons. The van der Waals surface area contributed by atoms with Crippen molar-refractivity contribution in [1.29, 1.82) is 5.26 Å². The summed E-state index contributed by atoms with van der Waals surface area (Å²) in [6.45, 7) is 0.751. The van der Waals surface area contributed by atoms with E-state index in [-0.39, 0.29) is 5.91 Å². The highest BCUT2D eigenvalue weighted by Gasteiger charge is 2.10. The van der Waals surface area contributed by atoms with Crippen LogP contribution in [0, 0.1) is 11.3 Å². The second kappa shape index (κ2) is 8.54. The van der Waals surface area contributed by atoms with E-state index in [0.717, 1.165) is 13.0 Å². The lowest BCUT2D eigenvalue weighted by atomic mass is 10.2. The molecule has 0 aliphatic heterocycles. The van der Waals surface area contributed by atoms with Crippen LogP contribution in [0.3, 0.4) is 0 Å². The molecule has 0 atom stereocenters. The van der Waals surface area contributed by atoms with E-state index in [0.29, 0.717) is 22.8 Å². The average Bonchev–Trinajstić information content (AvgIpc) is 2.73. The molecule has 0 unspecified atom stereocenters. The Morgan fingerprint density at radius 3 is 2.41 bits per heavy atom. The number of nitrogens with one attached hydrogen (secondary N) is 1. The summed E-state index contributed by atoms with van der Waals surface area (Å²) in [6.07, 6.45) is 7.40. The fraction of sp³-hybridized carbons (Fsp3) is 0.150. The first-order valence-electron chi connectivity index (χ1n) is 8.39. The third kappa shape index (κ3) is 4.86. The third-order valence-electron chi connectivity index (χ3n) is 4.00. The summed E-state index contributed by atoms with van der Waals surface area (Å²) >= 11 is 0. The molecule has 0 saturated heterocycles. The lowest BCUT2D eigenvalue weighted by molar-refractivity contribution is 0.102. The molecular formula is C20H18N6O. The Morgan fingerprint density at radius 1 is 1.11 bits per heavy atom. The zero-order chi connectivity index (χ0) is 19.1. The van der Waals surface area contributed by atoms with Gasteiger partial charge in [-0.25, -0.2) is 9.97 Å². The van der Waals surface area contributed by atoms with Gasteiger partial charge in [-0.15, -0.1) is 0 Å². The minimum atomic E-state index is -0.300. The van der Waals surface area contributed by atoms with E-state index in [2.05, 4.69) is 20.3 Å². The Bertz CT molecular complexity index is 933. The van der Waals surface area contributed by atoms with E-state index >= 15 is 0 Å². The first kappa shape index (κ1) is 18.0. The molecule has 0 spiro atoms. The van der Waals surface area contributed by atoms with Gasteiger partial charge in [0.2, 0.25) is 5.95 Å². The highest BCUT2D eigenvalue weighted by atomic mass is 16.1. The fourth-order valence-corrected chi connectivity index (χ4v) is 2.41. The maximum absolute atomic E-state index is 12.3. The average molecular weight is 358 g/mol. The number of aromatic nitrogens is 3. The molecule has 0 aliphatic carbocycles. The van der Waals surface area contributed by atoms with Crippen LogP contribution in [-0.2, 0) is 6.42 Å². The molecule has 3 aromatic rings. The fourth-order valence-electron chi connectivity index (χ4n) is 2.41. The van der Waals surface area contributed by atoms with Gasteiger partial charge >= 0.3 is 0 Å². The number of anilines is 2. The Balaban J connectivity index is 1.58. The normalized spacial score (nSPS) is 10.1. The number of carbonyl (C=O) groups excluding carboxylic acids is 1. The summed E-state index contributed by atoms with van der Waals surface area (Å²) in [5.74, 6) is 0.254. The number of benzene rings is 1. The standard InChI is InChI=1S/C20H18N6O/c1-26(11-8-15-6-9-22-10-7-15)20-23-13-17(14-24-20)19(27)25-18-4-2-16(12-21)3-5-18/h2-7,9-10,13-14H,8,11H2,1H3,(H,25,27). The van der Waals surface area contributed by atoms with Crippen molar-refractivity contribution in [3.05, 3.63) is 77.9 Å². The molecule has 3 rings (SSSR count).